The van der Waals surface area contributed by atoms with Crippen LogP contribution in [-0.2, 0) is 16.1 Å². The highest BCUT2D eigenvalue weighted by atomic mass is 16.5. The lowest BCUT2D eigenvalue weighted by molar-refractivity contribution is -0.133. The number of rotatable bonds is 8. The quantitative estimate of drug-likeness (QED) is 0.667. The first-order chi connectivity index (χ1) is 12.9. The van der Waals surface area contributed by atoms with Gasteiger partial charge in [-0.2, -0.15) is 0 Å². The van der Waals surface area contributed by atoms with Crippen LogP contribution in [0.3, 0.4) is 0 Å². The summed E-state index contributed by atoms with van der Waals surface area (Å²) in [5.41, 5.74) is 2.17. The fourth-order valence-electron chi connectivity index (χ4n) is 2.52. The van der Waals surface area contributed by atoms with Crippen LogP contribution in [0.4, 0.5) is 0 Å². The van der Waals surface area contributed by atoms with Gasteiger partial charge < -0.3 is 19.1 Å². The van der Waals surface area contributed by atoms with E-state index in [1.165, 1.54) is 12.0 Å². The van der Waals surface area contributed by atoms with Crippen LogP contribution in [-0.4, -0.2) is 44.1 Å². The van der Waals surface area contributed by atoms with Crippen molar-refractivity contribution in [3.63, 3.8) is 0 Å². The molecule has 0 saturated carbocycles. The molecule has 0 heterocycles. The van der Waals surface area contributed by atoms with Crippen LogP contribution >= 0.6 is 0 Å². The molecule has 0 aliphatic rings. The summed E-state index contributed by atoms with van der Waals surface area (Å²) in [6.07, 6.45) is 0. The predicted molar refractivity (Wildman–Crippen MR) is 102 cm³/mol. The number of carbonyl (C=O) groups excluding carboxylic acids is 2. The number of likely N-dealkylation sites (N-methyl/N-ethyl adjacent to an activating group) is 1. The Morgan fingerprint density at radius 2 is 1.78 bits per heavy atom. The summed E-state index contributed by atoms with van der Waals surface area (Å²) in [7, 11) is 3.15. The molecular formula is C21H25NO5. The van der Waals surface area contributed by atoms with E-state index in [2.05, 4.69) is 0 Å². The Balaban J connectivity index is 1.91. The van der Waals surface area contributed by atoms with E-state index >= 15 is 0 Å². The van der Waals surface area contributed by atoms with E-state index < -0.39 is 5.97 Å². The number of amides is 1. The smallest absolute Gasteiger partial charge is 0.342 e. The molecule has 0 atom stereocenters. The first kappa shape index (κ1) is 20.3. The second kappa shape index (κ2) is 9.62. The van der Waals surface area contributed by atoms with E-state index in [4.69, 9.17) is 14.2 Å². The highest BCUT2D eigenvalue weighted by molar-refractivity contribution is 5.94. The molecule has 0 fully saturated rings. The molecule has 2 aromatic rings. The SMILES string of the molecule is CCOc1ccc(CN(C)C(=O)COC(=O)c2cc(C)ccc2OC)cc1. The highest BCUT2D eigenvalue weighted by Crippen LogP contribution is 2.20. The van der Waals surface area contributed by atoms with Gasteiger partial charge in [-0.1, -0.05) is 23.8 Å². The van der Waals surface area contributed by atoms with Crippen molar-refractivity contribution >= 4 is 11.9 Å². The average molecular weight is 371 g/mol. The van der Waals surface area contributed by atoms with Crippen molar-refractivity contribution in [3.8, 4) is 11.5 Å². The minimum absolute atomic E-state index is 0.288. The lowest BCUT2D eigenvalue weighted by atomic mass is 10.1. The van der Waals surface area contributed by atoms with Gasteiger partial charge in [0.05, 0.1) is 13.7 Å². The second-order valence-electron chi connectivity index (χ2n) is 6.11. The number of methoxy groups -OCH3 is 1. The van der Waals surface area contributed by atoms with E-state index in [9.17, 15) is 9.59 Å². The summed E-state index contributed by atoms with van der Waals surface area (Å²) in [5, 5.41) is 0. The molecule has 0 aromatic heterocycles. The van der Waals surface area contributed by atoms with Gasteiger partial charge in [0.25, 0.3) is 5.91 Å². The fraction of sp³-hybridized carbons (Fsp3) is 0.333. The molecular weight excluding hydrogens is 346 g/mol. The normalized spacial score (nSPS) is 10.2. The molecule has 144 valence electrons. The molecule has 6 nitrogen and oxygen atoms in total. The van der Waals surface area contributed by atoms with Gasteiger partial charge in [-0.15, -0.1) is 0 Å². The zero-order valence-corrected chi connectivity index (χ0v) is 16.2. The largest absolute Gasteiger partial charge is 0.496 e. The van der Waals surface area contributed by atoms with E-state index in [1.807, 2.05) is 44.2 Å². The number of hydrogen-bond acceptors (Lipinski definition) is 5. The number of benzene rings is 2. The Morgan fingerprint density at radius 1 is 1.07 bits per heavy atom. The Morgan fingerprint density at radius 3 is 2.41 bits per heavy atom. The topological polar surface area (TPSA) is 65.1 Å². The van der Waals surface area contributed by atoms with Crippen LogP contribution in [0.15, 0.2) is 42.5 Å². The van der Waals surface area contributed by atoms with Gasteiger partial charge in [-0.25, -0.2) is 4.79 Å². The van der Waals surface area contributed by atoms with Crippen LogP contribution in [0.5, 0.6) is 11.5 Å². The summed E-state index contributed by atoms with van der Waals surface area (Å²) >= 11 is 0. The lowest BCUT2D eigenvalue weighted by Gasteiger charge is -2.18. The van der Waals surface area contributed by atoms with Gasteiger partial charge >= 0.3 is 5.97 Å². The third-order valence-corrected chi connectivity index (χ3v) is 3.98. The maximum absolute atomic E-state index is 12.3. The second-order valence-corrected chi connectivity index (χ2v) is 6.11. The lowest BCUT2D eigenvalue weighted by Crippen LogP contribution is -2.30. The maximum atomic E-state index is 12.3. The Bertz CT molecular complexity index is 786. The molecule has 0 spiro atoms. The predicted octanol–water partition coefficient (Wildman–Crippen LogP) is 3.22. The van der Waals surface area contributed by atoms with E-state index in [1.54, 1.807) is 19.2 Å². The molecule has 0 aliphatic carbocycles. The van der Waals surface area contributed by atoms with Crippen LogP contribution in [0.25, 0.3) is 0 Å². The average Bonchev–Trinajstić information content (AvgIpc) is 2.67. The zero-order valence-electron chi connectivity index (χ0n) is 16.2. The van der Waals surface area contributed by atoms with Crippen molar-refractivity contribution < 1.29 is 23.8 Å². The number of nitrogens with zero attached hydrogens (tertiary/aromatic N) is 1. The van der Waals surface area contributed by atoms with Gasteiger partial charge in [-0.05, 0) is 43.7 Å². The third kappa shape index (κ3) is 5.74. The van der Waals surface area contributed by atoms with Crippen molar-refractivity contribution in [1.29, 1.82) is 0 Å². The Kier molecular flexibility index (Phi) is 7.23. The van der Waals surface area contributed by atoms with E-state index in [-0.39, 0.29) is 12.5 Å². The Labute approximate surface area is 159 Å². The van der Waals surface area contributed by atoms with Gasteiger partial charge in [0, 0.05) is 13.6 Å². The summed E-state index contributed by atoms with van der Waals surface area (Å²) < 4.78 is 15.7. The molecule has 0 N–H and O–H groups in total. The fourth-order valence-corrected chi connectivity index (χ4v) is 2.52. The van der Waals surface area contributed by atoms with Crippen molar-refractivity contribution in [2.24, 2.45) is 0 Å². The van der Waals surface area contributed by atoms with Gasteiger partial charge in [0.15, 0.2) is 6.61 Å². The first-order valence-electron chi connectivity index (χ1n) is 8.72. The van der Waals surface area contributed by atoms with Crippen molar-refractivity contribution in [2.45, 2.75) is 20.4 Å². The number of ether oxygens (including phenoxy) is 3. The summed E-state index contributed by atoms with van der Waals surface area (Å²) in [6, 6.07) is 12.7. The number of carbonyl (C=O) groups is 2. The van der Waals surface area contributed by atoms with Crippen molar-refractivity contribution in [2.75, 3.05) is 27.4 Å². The van der Waals surface area contributed by atoms with Crippen LogP contribution in [0, 0.1) is 6.92 Å². The number of aryl methyl sites for hydroxylation is 1. The molecule has 27 heavy (non-hydrogen) atoms. The molecule has 2 aromatic carbocycles. The van der Waals surface area contributed by atoms with E-state index in [0.29, 0.717) is 24.5 Å². The minimum atomic E-state index is -0.585. The minimum Gasteiger partial charge on any atom is -0.496 e. The molecule has 0 radical (unpaired) electrons. The first-order valence-corrected chi connectivity index (χ1v) is 8.72. The third-order valence-electron chi connectivity index (χ3n) is 3.98. The Hall–Kier alpha value is -3.02. The molecule has 6 heteroatoms. The summed E-state index contributed by atoms with van der Waals surface area (Å²) in [4.78, 5) is 26.1. The van der Waals surface area contributed by atoms with E-state index in [0.717, 1.165) is 16.9 Å². The molecule has 1 amide bonds. The van der Waals surface area contributed by atoms with Gasteiger partial charge in [0.1, 0.15) is 17.1 Å². The highest BCUT2D eigenvalue weighted by Gasteiger charge is 2.17. The van der Waals surface area contributed by atoms with Crippen LogP contribution < -0.4 is 9.47 Å². The van der Waals surface area contributed by atoms with Crippen LogP contribution in [0.1, 0.15) is 28.4 Å². The standard InChI is InChI=1S/C21H25NO5/c1-5-26-17-9-7-16(8-10-17)13-22(3)20(23)14-27-21(24)18-12-15(2)6-11-19(18)25-4/h6-12H,5,13-14H2,1-4H3. The molecule has 0 bridgehead atoms. The molecule has 0 aliphatic heterocycles. The number of hydrogen-bond donors (Lipinski definition) is 0. The van der Waals surface area contributed by atoms with Gasteiger partial charge in [-0.3, -0.25) is 4.79 Å². The summed E-state index contributed by atoms with van der Waals surface area (Å²) in [5.74, 6) is 0.333. The van der Waals surface area contributed by atoms with Gasteiger partial charge in [0.2, 0.25) is 0 Å². The molecule has 0 saturated heterocycles. The maximum Gasteiger partial charge on any atom is 0.342 e. The van der Waals surface area contributed by atoms with Crippen LogP contribution in [0.2, 0.25) is 0 Å². The molecule has 0 unspecified atom stereocenters. The molecule has 2 rings (SSSR count). The zero-order chi connectivity index (χ0) is 19.8. The van der Waals surface area contributed by atoms with Crippen molar-refractivity contribution in [3.05, 3.63) is 59.2 Å². The summed E-state index contributed by atoms with van der Waals surface area (Å²) in [6.45, 7) is 4.48. The van der Waals surface area contributed by atoms with Crippen molar-refractivity contribution in [1.82, 2.24) is 4.90 Å². The monoisotopic (exact) mass is 371 g/mol. The number of esters is 1.